The summed E-state index contributed by atoms with van der Waals surface area (Å²) in [6, 6.07) is 3.10. The van der Waals surface area contributed by atoms with Crippen molar-refractivity contribution in [1.29, 1.82) is 0 Å². The molecule has 0 atom stereocenters. The number of hydrogen-bond donors (Lipinski definition) is 2. The molecule has 104 valence electrons. The Balaban J connectivity index is 1.92. The van der Waals surface area contributed by atoms with Crippen LogP contribution >= 0.6 is 0 Å². The molecular weight excluding hydrogens is 256 g/mol. The van der Waals surface area contributed by atoms with Gasteiger partial charge in [-0.3, -0.25) is 0 Å². The number of rotatable bonds is 2. The van der Waals surface area contributed by atoms with Gasteiger partial charge in [-0.25, -0.2) is 8.78 Å². The maximum Gasteiger partial charge on any atom is 0.233 e. The number of nitrogens with two attached hydrogens (primary N) is 1. The molecule has 1 aliphatic heterocycles. The molecule has 0 aromatic heterocycles. The maximum atomic E-state index is 13.0. The molecular formula is C12H15F2N3O2. The molecule has 1 aromatic rings. The lowest BCUT2D eigenvalue weighted by Gasteiger charge is -2.32. The number of piperidine rings is 1. The molecule has 1 aromatic carbocycles. The largest absolute Gasteiger partial charge is 0.490 e. The first-order valence-electron chi connectivity index (χ1n) is 5.93. The Morgan fingerprint density at radius 1 is 1.26 bits per heavy atom. The van der Waals surface area contributed by atoms with E-state index in [1.54, 1.807) is 4.90 Å². The van der Waals surface area contributed by atoms with E-state index in [-0.39, 0.29) is 17.8 Å². The fourth-order valence-corrected chi connectivity index (χ4v) is 2.06. The van der Waals surface area contributed by atoms with Crippen LogP contribution in [0.3, 0.4) is 0 Å². The molecule has 0 radical (unpaired) electrons. The number of ether oxygens (including phenoxy) is 1. The van der Waals surface area contributed by atoms with Crippen LogP contribution in [0.25, 0.3) is 0 Å². The third kappa shape index (κ3) is 3.46. The summed E-state index contributed by atoms with van der Waals surface area (Å²) >= 11 is 0. The van der Waals surface area contributed by atoms with Crippen LogP contribution in [0.2, 0.25) is 0 Å². The van der Waals surface area contributed by atoms with Crippen molar-refractivity contribution in [3.05, 3.63) is 29.8 Å². The molecule has 0 unspecified atom stereocenters. The van der Waals surface area contributed by atoms with E-state index in [1.165, 1.54) is 0 Å². The lowest BCUT2D eigenvalue weighted by atomic mass is 10.1. The van der Waals surface area contributed by atoms with E-state index in [9.17, 15) is 8.78 Å². The fraction of sp³-hybridized carbons (Fsp3) is 0.417. The van der Waals surface area contributed by atoms with Gasteiger partial charge in [0.2, 0.25) is 5.96 Å². The van der Waals surface area contributed by atoms with Crippen molar-refractivity contribution in [3.8, 4) is 5.75 Å². The van der Waals surface area contributed by atoms with Crippen LogP contribution in [0.5, 0.6) is 5.75 Å². The second-order valence-electron chi connectivity index (χ2n) is 4.37. The normalized spacial score (nSPS) is 17.6. The minimum absolute atomic E-state index is 0.0650. The third-order valence-corrected chi connectivity index (χ3v) is 3.01. The highest BCUT2D eigenvalue weighted by atomic mass is 19.1. The van der Waals surface area contributed by atoms with Gasteiger partial charge in [0.1, 0.15) is 23.5 Å². The average Bonchev–Trinajstić information content (AvgIpc) is 2.37. The van der Waals surface area contributed by atoms with Crippen molar-refractivity contribution in [2.24, 2.45) is 10.9 Å². The molecule has 0 bridgehead atoms. The van der Waals surface area contributed by atoms with Gasteiger partial charge in [-0.15, -0.1) is 0 Å². The Labute approximate surface area is 109 Å². The molecule has 19 heavy (non-hydrogen) atoms. The smallest absolute Gasteiger partial charge is 0.233 e. The van der Waals surface area contributed by atoms with E-state index < -0.39 is 11.6 Å². The van der Waals surface area contributed by atoms with Gasteiger partial charge in [0.25, 0.3) is 0 Å². The minimum atomic E-state index is -0.663. The molecule has 0 saturated carbocycles. The van der Waals surface area contributed by atoms with Gasteiger partial charge < -0.3 is 20.6 Å². The molecule has 0 aliphatic carbocycles. The molecule has 0 spiro atoms. The van der Waals surface area contributed by atoms with E-state index in [4.69, 9.17) is 15.7 Å². The van der Waals surface area contributed by atoms with Crippen LogP contribution in [-0.2, 0) is 0 Å². The van der Waals surface area contributed by atoms with Crippen LogP contribution in [0, 0.1) is 11.6 Å². The summed E-state index contributed by atoms with van der Waals surface area (Å²) in [4.78, 5) is 1.71. The predicted molar refractivity (Wildman–Crippen MR) is 65.0 cm³/mol. The number of guanidine groups is 1. The van der Waals surface area contributed by atoms with E-state index >= 15 is 0 Å². The second kappa shape index (κ2) is 5.73. The van der Waals surface area contributed by atoms with Gasteiger partial charge >= 0.3 is 0 Å². The second-order valence-corrected chi connectivity index (χ2v) is 4.37. The monoisotopic (exact) mass is 271 g/mol. The van der Waals surface area contributed by atoms with E-state index in [0.717, 1.165) is 18.2 Å². The van der Waals surface area contributed by atoms with Crippen molar-refractivity contribution < 1.29 is 18.7 Å². The van der Waals surface area contributed by atoms with Crippen molar-refractivity contribution in [2.75, 3.05) is 13.1 Å². The molecule has 1 saturated heterocycles. The zero-order chi connectivity index (χ0) is 13.8. The van der Waals surface area contributed by atoms with Crippen LogP contribution < -0.4 is 10.5 Å². The van der Waals surface area contributed by atoms with Crippen molar-refractivity contribution in [3.63, 3.8) is 0 Å². The third-order valence-electron chi connectivity index (χ3n) is 3.01. The highest BCUT2D eigenvalue weighted by Gasteiger charge is 2.22. The summed E-state index contributed by atoms with van der Waals surface area (Å²) < 4.78 is 31.5. The van der Waals surface area contributed by atoms with Crippen LogP contribution in [0.1, 0.15) is 12.8 Å². The summed E-state index contributed by atoms with van der Waals surface area (Å²) in [5.41, 5.74) is 5.47. The highest BCUT2D eigenvalue weighted by molar-refractivity contribution is 5.77. The SMILES string of the molecule is N/C(=N\O)N1CCC(Oc2cc(F)cc(F)c2)CC1. The minimum Gasteiger partial charge on any atom is -0.490 e. The first kappa shape index (κ1) is 13.4. The Kier molecular flexibility index (Phi) is 4.03. The zero-order valence-corrected chi connectivity index (χ0v) is 10.2. The van der Waals surface area contributed by atoms with Gasteiger partial charge in [-0.2, -0.15) is 0 Å². The van der Waals surface area contributed by atoms with E-state index in [0.29, 0.717) is 25.9 Å². The molecule has 0 amide bonds. The van der Waals surface area contributed by atoms with E-state index in [1.807, 2.05) is 0 Å². The standard InChI is InChI=1S/C12H15F2N3O2/c13-8-5-9(14)7-11(6-8)19-10-1-3-17(4-2-10)12(15)16-18/h5-7,10,18H,1-4H2,(H2,15,16). The van der Waals surface area contributed by atoms with Gasteiger partial charge in [-0.1, -0.05) is 5.16 Å². The molecule has 3 N–H and O–H groups in total. The number of likely N-dealkylation sites (tertiary alicyclic amines) is 1. The first-order chi connectivity index (χ1) is 9.08. The summed E-state index contributed by atoms with van der Waals surface area (Å²) in [6.45, 7) is 1.14. The highest BCUT2D eigenvalue weighted by Crippen LogP contribution is 2.21. The van der Waals surface area contributed by atoms with Crippen molar-refractivity contribution in [2.45, 2.75) is 18.9 Å². The number of benzene rings is 1. The Morgan fingerprint density at radius 3 is 2.37 bits per heavy atom. The van der Waals surface area contributed by atoms with Gasteiger partial charge in [0.05, 0.1) is 0 Å². The molecule has 2 rings (SSSR count). The topological polar surface area (TPSA) is 71.1 Å². The van der Waals surface area contributed by atoms with Crippen LogP contribution in [0.15, 0.2) is 23.4 Å². The Morgan fingerprint density at radius 2 is 1.84 bits per heavy atom. The molecule has 1 fully saturated rings. The zero-order valence-electron chi connectivity index (χ0n) is 10.2. The number of oxime groups is 1. The van der Waals surface area contributed by atoms with Gasteiger partial charge in [0.15, 0.2) is 0 Å². The summed E-state index contributed by atoms with van der Waals surface area (Å²) in [5.74, 6) is -1.08. The number of halogens is 2. The van der Waals surface area contributed by atoms with Crippen LogP contribution in [0.4, 0.5) is 8.78 Å². The average molecular weight is 271 g/mol. The Bertz CT molecular complexity index is 454. The first-order valence-corrected chi connectivity index (χ1v) is 5.93. The molecule has 7 heteroatoms. The van der Waals surface area contributed by atoms with E-state index in [2.05, 4.69) is 5.16 Å². The summed E-state index contributed by atoms with van der Waals surface area (Å²) in [7, 11) is 0. The van der Waals surface area contributed by atoms with Gasteiger partial charge in [-0.05, 0) is 0 Å². The maximum absolute atomic E-state index is 13.0. The molecule has 1 aliphatic rings. The lowest BCUT2D eigenvalue weighted by molar-refractivity contribution is 0.127. The van der Waals surface area contributed by atoms with Crippen LogP contribution in [-0.4, -0.2) is 35.3 Å². The quantitative estimate of drug-likeness (QED) is 0.370. The lowest BCUT2D eigenvalue weighted by Crippen LogP contribution is -2.45. The molecule has 1 heterocycles. The summed E-state index contributed by atoms with van der Waals surface area (Å²) in [5, 5.41) is 11.5. The van der Waals surface area contributed by atoms with Crippen molar-refractivity contribution >= 4 is 5.96 Å². The van der Waals surface area contributed by atoms with Crippen molar-refractivity contribution in [1.82, 2.24) is 4.90 Å². The molecule has 5 nitrogen and oxygen atoms in total. The Hall–Kier alpha value is -2.05. The fourth-order valence-electron chi connectivity index (χ4n) is 2.06. The number of hydrogen-bond acceptors (Lipinski definition) is 3. The summed E-state index contributed by atoms with van der Waals surface area (Å²) in [6.07, 6.45) is 1.13. The van der Waals surface area contributed by atoms with Gasteiger partial charge in [0, 0.05) is 44.1 Å². The number of nitrogens with zero attached hydrogens (tertiary/aromatic N) is 2. The predicted octanol–water partition coefficient (Wildman–Crippen LogP) is 1.51.